The monoisotopic (exact) mass is 538 g/mol. The summed E-state index contributed by atoms with van der Waals surface area (Å²) in [5.74, 6) is -0.924. The number of para-hydroxylation sites is 2. The van der Waals surface area contributed by atoms with Crippen molar-refractivity contribution in [3.63, 3.8) is 0 Å². The number of carbonyl (C=O) groups excluding carboxylic acids is 3. The molecule has 3 amide bonds. The van der Waals surface area contributed by atoms with Crippen LogP contribution in [-0.4, -0.2) is 77.1 Å². The van der Waals surface area contributed by atoms with E-state index in [0.29, 0.717) is 30.2 Å². The smallest absolute Gasteiger partial charge is 0.274 e. The zero-order valence-corrected chi connectivity index (χ0v) is 22.2. The summed E-state index contributed by atoms with van der Waals surface area (Å²) in [4.78, 5) is 42.0. The van der Waals surface area contributed by atoms with Crippen molar-refractivity contribution in [1.82, 2.24) is 15.1 Å². The average Bonchev–Trinajstić information content (AvgIpc) is 3.56. The number of benzene rings is 2. The minimum atomic E-state index is -0.594. The number of hydrogen-bond donors (Lipinski definition) is 5. The molecule has 0 radical (unpaired) electrons. The van der Waals surface area contributed by atoms with Gasteiger partial charge in [-0.2, -0.15) is 0 Å². The molecule has 2 aliphatic heterocycles. The number of nitrogens with one attached hydrogen (secondary N) is 3. The minimum Gasteiger partial charge on any atom is -0.506 e. The summed E-state index contributed by atoms with van der Waals surface area (Å²) in [7, 11) is 0. The van der Waals surface area contributed by atoms with Gasteiger partial charge in [-0.25, -0.2) is 0 Å². The number of nitrogens with zero attached hydrogens (tertiary/aromatic N) is 2. The third-order valence-corrected chi connectivity index (χ3v) is 7.85. The van der Waals surface area contributed by atoms with E-state index in [9.17, 15) is 19.5 Å². The summed E-state index contributed by atoms with van der Waals surface area (Å²) in [6, 6.07) is 13.5. The van der Waals surface area contributed by atoms with Crippen molar-refractivity contribution in [2.45, 2.75) is 25.0 Å². The van der Waals surface area contributed by atoms with E-state index in [1.807, 2.05) is 19.1 Å². The molecule has 0 spiro atoms. The van der Waals surface area contributed by atoms with Crippen molar-refractivity contribution < 1.29 is 19.5 Å². The van der Waals surface area contributed by atoms with Crippen LogP contribution < -0.4 is 21.7 Å². The summed E-state index contributed by atoms with van der Waals surface area (Å²) < 4.78 is 0. The second-order valence-electron chi connectivity index (χ2n) is 9.14. The zero-order valence-electron chi connectivity index (χ0n) is 21.4. The number of likely N-dealkylation sites (tertiary alicyclic amines) is 1. The van der Waals surface area contributed by atoms with Crippen LogP contribution in [0.2, 0.25) is 0 Å². The molecule has 4 rings (SSSR count). The first kappa shape index (κ1) is 27.3. The standard InChI is InChI=1S/C27H34N6O4S/c1-2-33-26(37)22(38-27(33)23(28)25(36)31-20-7-3-4-8-21(20)34)17-30-19-11-9-18(10-12-19)24(35)29-13-16-32-14-5-6-15-32/h3-4,7-12,22,30,34H,2,5-6,13-17,28H2,1H3,(H,29,35)(H,31,36)/b27-23+/t22-/m1/s1. The van der Waals surface area contributed by atoms with Crippen LogP contribution in [0, 0.1) is 0 Å². The fraction of sp³-hybridized carbons (Fsp3) is 0.370. The van der Waals surface area contributed by atoms with E-state index in [2.05, 4.69) is 20.9 Å². The van der Waals surface area contributed by atoms with E-state index in [1.54, 1.807) is 30.3 Å². The number of amides is 3. The van der Waals surface area contributed by atoms with Crippen molar-refractivity contribution in [2.75, 3.05) is 49.9 Å². The quantitative estimate of drug-likeness (QED) is 0.229. The van der Waals surface area contributed by atoms with Gasteiger partial charge in [0.25, 0.3) is 11.8 Å². The van der Waals surface area contributed by atoms with Crippen LogP contribution in [-0.2, 0) is 9.59 Å². The topological polar surface area (TPSA) is 140 Å². The molecule has 0 aromatic heterocycles. The number of phenolic OH excluding ortho intramolecular Hbond substituents is 1. The molecule has 0 saturated carbocycles. The Hall–Kier alpha value is -3.70. The maximum absolute atomic E-state index is 13.0. The van der Waals surface area contributed by atoms with Gasteiger partial charge in [0, 0.05) is 37.4 Å². The van der Waals surface area contributed by atoms with E-state index in [4.69, 9.17) is 5.73 Å². The molecule has 0 unspecified atom stereocenters. The molecule has 2 aromatic carbocycles. The highest BCUT2D eigenvalue weighted by Crippen LogP contribution is 2.36. The summed E-state index contributed by atoms with van der Waals surface area (Å²) in [5, 5.41) is 18.6. The second-order valence-corrected chi connectivity index (χ2v) is 10.3. The fourth-order valence-electron chi connectivity index (χ4n) is 4.41. The Labute approximate surface area is 226 Å². The molecule has 6 N–H and O–H groups in total. The third-order valence-electron chi connectivity index (χ3n) is 6.53. The lowest BCUT2D eigenvalue weighted by molar-refractivity contribution is -0.127. The van der Waals surface area contributed by atoms with Gasteiger partial charge in [0.1, 0.15) is 21.7 Å². The van der Waals surface area contributed by atoms with E-state index in [0.717, 1.165) is 25.3 Å². The van der Waals surface area contributed by atoms with Gasteiger partial charge in [0.15, 0.2) is 0 Å². The summed E-state index contributed by atoms with van der Waals surface area (Å²) >= 11 is 1.23. The Balaban J connectivity index is 1.31. The first-order chi connectivity index (χ1) is 18.4. The van der Waals surface area contributed by atoms with Crippen LogP contribution >= 0.6 is 11.8 Å². The van der Waals surface area contributed by atoms with Crippen molar-refractivity contribution in [3.8, 4) is 5.75 Å². The molecular weight excluding hydrogens is 504 g/mol. The Morgan fingerprint density at radius 1 is 1.11 bits per heavy atom. The zero-order chi connectivity index (χ0) is 27.1. The normalized spacial score (nSPS) is 18.9. The van der Waals surface area contributed by atoms with Gasteiger partial charge in [-0.05, 0) is 69.3 Å². The molecule has 0 bridgehead atoms. The molecule has 2 fully saturated rings. The van der Waals surface area contributed by atoms with Crippen molar-refractivity contribution in [2.24, 2.45) is 5.73 Å². The van der Waals surface area contributed by atoms with Crippen molar-refractivity contribution in [3.05, 3.63) is 64.8 Å². The first-order valence-electron chi connectivity index (χ1n) is 12.8. The summed E-state index contributed by atoms with van der Waals surface area (Å²) in [6.07, 6.45) is 2.45. The van der Waals surface area contributed by atoms with Crippen LogP contribution in [0.1, 0.15) is 30.1 Å². The average molecular weight is 539 g/mol. The molecule has 2 aliphatic rings. The van der Waals surface area contributed by atoms with E-state index in [-0.39, 0.29) is 28.9 Å². The SMILES string of the molecule is CCN1C(=O)[C@@H](CNc2ccc(C(=O)NCCN3CCCC3)cc2)S/C1=C(/N)C(=O)Nc1ccccc1O. The van der Waals surface area contributed by atoms with Gasteiger partial charge in [0.2, 0.25) is 5.91 Å². The molecule has 2 heterocycles. The summed E-state index contributed by atoms with van der Waals surface area (Å²) in [6.45, 7) is 6.19. The van der Waals surface area contributed by atoms with Gasteiger partial charge >= 0.3 is 0 Å². The van der Waals surface area contributed by atoms with Crippen LogP contribution in [0.3, 0.4) is 0 Å². The lowest BCUT2D eigenvalue weighted by Gasteiger charge is -2.17. The maximum Gasteiger partial charge on any atom is 0.274 e. The van der Waals surface area contributed by atoms with Crippen LogP contribution in [0.15, 0.2) is 59.3 Å². The Morgan fingerprint density at radius 3 is 2.50 bits per heavy atom. The number of phenols is 1. The number of nitrogens with two attached hydrogens (primary N) is 1. The van der Waals surface area contributed by atoms with E-state index in [1.165, 1.54) is 35.6 Å². The Morgan fingerprint density at radius 2 is 1.82 bits per heavy atom. The fourth-order valence-corrected chi connectivity index (χ4v) is 5.64. The van der Waals surface area contributed by atoms with Crippen LogP contribution in [0.4, 0.5) is 11.4 Å². The number of anilines is 2. The maximum atomic E-state index is 13.0. The number of carbonyl (C=O) groups is 3. The largest absolute Gasteiger partial charge is 0.506 e. The molecule has 1 atom stereocenters. The molecular formula is C27H34N6O4S. The van der Waals surface area contributed by atoms with Gasteiger partial charge in [-0.3, -0.25) is 14.4 Å². The molecule has 202 valence electrons. The lowest BCUT2D eigenvalue weighted by Crippen LogP contribution is -2.33. The van der Waals surface area contributed by atoms with Gasteiger partial charge in [0.05, 0.1) is 5.69 Å². The van der Waals surface area contributed by atoms with Crippen LogP contribution in [0.25, 0.3) is 0 Å². The van der Waals surface area contributed by atoms with Crippen molar-refractivity contribution >= 4 is 40.9 Å². The highest BCUT2D eigenvalue weighted by Gasteiger charge is 2.38. The van der Waals surface area contributed by atoms with Crippen LogP contribution in [0.5, 0.6) is 5.75 Å². The van der Waals surface area contributed by atoms with Gasteiger partial charge in [-0.1, -0.05) is 23.9 Å². The second kappa shape index (κ2) is 12.7. The molecule has 38 heavy (non-hydrogen) atoms. The number of hydrogen-bond acceptors (Lipinski definition) is 8. The molecule has 10 nitrogen and oxygen atoms in total. The van der Waals surface area contributed by atoms with Crippen molar-refractivity contribution in [1.29, 1.82) is 0 Å². The predicted molar refractivity (Wildman–Crippen MR) is 150 cm³/mol. The third kappa shape index (κ3) is 6.59. The Kier molecular flexibility index (Phi) is 9.14. The highest BCUT2D eigenvalue weighted by molar-refractivity contribution is 8.04. The number of thioether (sulfide) groups is 1. The first-order valence-corrected chi connectivity index (χ1v) is 13.7. The predicted octanol–water partition coefficient (Wildman–Crippen LogP) is 2.36. The number of rotatable bonds is 10. The van der Waals surface area contributed by atoms with Gasteiger partial charge < -0.3 is 36.6 Å². The molecule has 2 aromatic rings. The molecule has 0 aliphatic carbocycles. The molecule has 11 heteroatoms. The van der Waals surface area contributed by atoms with Gasteiger partial charge in [-0.15, -0.1) is 0 Å². The number of aromatic hydroxyl groups is 1. The summed E-state index contributed by atoms with van der Waals surface area (Å²) in [5.41, 5.74) is 7.65. The van der Waals surface area contributed by atoms with E-state index >= 15 is 0 Å². The van der Waals surface area contributed by atoms with E-state index < -0.39 is 11.2 Å². The lowest BCUT2D eigenvalue weighted by atomic mass is 10.2. The highest BCUT2D eigenvalue weighted by atomic mass is 32.2. The Bertz CT molecular complexity index is 1200. The molecule has 2 saturated heterocycles. The minimum absolute atomic E-state index is 0.0752.